The molecule has 0 unspecified atom stereocenters. The average Bonchev–Trinajstić information content (AvgIpc) is 2.39. The maximum absolute atomic E-state index is 8.86. The predicted octanol–water partition coefficient (Wildman–Crippen LogP) is 2.15. The first-order valence-electron chi connectivity index (χ1n) is 5.23. The molecule has 0 saturated heterocycles. The topological polar surface area (TPSA) is 74.7 Å². The van der Waals surface area contributed by atoms with Crippen LogP contribution >= 0.6 is 0 Å². The van der Waals surface area contributed by atoms with Crippen molar-refractivity contribution in [1.82, 2.24) is 4.98 Å². The Morgan fingerprint density at radius 3 is 2.82 bits per heavy atom. The zero-order chi connectivity index (χ0) is 12.1. The third-order valence-corrected chi connectivity index (χ3v) is 2.41. The van der Waals surface area contributed by atoms with Crippen LogP contribution in [0, 0.1) is 11.3 Å². The quantitative estimate of drug-likeness (QED) is 0.783. The fraction of sp³-hybridized carbons (Fsp3) is 0.0769. The predicted molar refractivity (Wildman–Crippen MR) is 67.1 cm³/mol. The summed E-state index contributed by atoms with van der Waals surface area (Å²) < 4.78 is 0. The average molecular weight is 224 g/mol. The Morgan fingerprint density at radius 1 is 1.24 bits per heavy atom. The lowest BCUT2D eigenvalue weighted by Crippen LogP contribution is -2.04. The normalized spacial score (nSPS) is 9.59. The molecule has 1 aromatic heterocycles. The number of para-hydroxylation sites is 1. The van der Waals surface area contributed by atoms with Crippen molar-refractivity contribution in [3.8, 4) is 6.07 Å². The number of benzene rings is 1. The Labute approximate surface area is 99.7 Å². The molecule has 4 heteroatoms. The largest absolute Gasteiger partial charge is 0.396 e. The minimum absolute atomic E-state index is 0.478. The van der Waals surface area contributed by atoms with Gasteiger partial charge in [0.2, 0.25) is 0 Å². The Hall–Kier alpha value is -2.54. The van der Waals surface area contributed by atoms with E-state index < -0.39 is 0 Å². The third-order valence-electron chi connectivity index (χ3n) is 2.41. The highest BCUT2D eigenvalue weighted by atomic mass is 14.9. The molecular weight excluding hydrogens is 212 g/mol. The van der Waals surface area contributed by atoms with Gasteiger partial charge in [0.15, 0.2) is 0 Å². The van der Waals surface area contributed by atoms with Gasteiger partial charge in [-0.25, -0.2) is 0 Å². The van der Waals surface area contributed by atoms with Gasteiger partial charge >= 0.3 is 0 Å². The standard InChI is InChI=1S/C13H12N4/c14-8-10-4-3-6-12(13(10)15)17-9-11-5-1-2-7-16-11/h1-7,17H,9,15H2. The van der Waals surface area contributed by atoms with Crippen LogP contribution in [0.25, 0.3) is 0 Å². The van der Waals surface area contributed by atoms with Crippen LogP contribution < -0.4 is 11.1 Å². The first-order chi connectivity index (χ1) is 8.31. The number of nitrogen functional groups attached to an aromatic ring is 1. The SMILES string of the molecule is N#Cc1cccc(NCc2ccccn2)c1N. The van der Waals surface area contributed by atoms with E-state index in [0.29, 0.717) is 17.8 Å². The number of nitrogens with two attached hydrogens (primary N) is 1. The molecule has 2 aromatic rings. The zero-order valence-corrected chi connectivity index (χ0v) is 9.22. The Kier molecular flexibility index (Phi) is 3.22. The molecule has 0 spiro atoms. The fourth-order valence-corrected chi connectivity index (χ4v) is 1.51. The summed E-state index contributed by atoms with van der Waals surface area (Å²) in [6, 6.07) is 13.1. The van der Waals surface area contributed by atoms with Crippen molar-refractivity contribution >= 4 is 11.4 Å². The number of pyridine rings is 1. The molecule has 17 heavy (non-hydrogen) atoms. The second-order valence-electron chi connectivity index (χ2n) is 3.55. The van der Waals surface area contributed by atoms with Gasteiger partial charge in [-0.1, -0.05) is 12.1 Å². The molecular formula is C13H12N4. The van der Waals surface area contributed by atoms with Gasteiger partial charge in [-0.15, -0.1) is 0 Å². The van der Waals surface area contributed by atoms with E-state index in [9.17, 15) is 0 Å². The van der Waals surface area contributed by atoms with Crippen molar-refractivity contribution in [3.63, 3.8) is 0 Å². The molecule has 0 saturated carbocycles. The van der Waals surface area contributed by atoms with E-state index in [1.165, 1.54) is 0 Å². The van der Waals surface area contributed by atoms with Gasteiger partial charge in [0.25, 0.3) is 0 Å². The van der Waals surface area contributed by atoms with Crippen molar-refractivity contribution in [2.24, 2.45) is 0 Å². The Bertz CT molecular complexity index is 543. The lowest BCUT2D eigenvalue weighted by molar-refractivity contribution is 1.05. The fourth-order valence-electron chi connectivity index (χ4n) is 1.51. The summed E-state index contributed by atoms with van der Waals surface area (Å²) >= 11 is 0. The summed E-state index contributed by atoms with van der Waals surface area (Å²) in [4.78, 5) is 4.20. The van der Waals surface area contributed by atoms with Gasteiger partial charge in [-0.2, -0.15) is 5.26 Å². The van der Waals surface area contributed by atoms with E-state index in [4.69, 9.17) is 11.0 Å². The van der Waals surface area contributed by atoms with Gasteiger partial charge in [0.05, 0.1) is 29.2 Å². The molecule has 0 aliphatic carbocycles. The lowest BCUT2D eigenvalue weighted by Gasteiger charge is -2.09. The maximum atomic E-state index is 8.86. The molecule has 0 fully saturated rings. The Morgan fingerprint density at radius 2 is 2.12 bits per heavy atom. The van der Waals surface area contributed by atoms with E-state index >= 15 is 0 Å². The smallest absolute Gasteiger partial charge is 0.101 e. The maximum Gasteiger partial charge on any atom is 0.101 e. The highest BCUT2D eigenvalue weighted by molar-refractivity contribution is 5.72. The number of nitriles is 1. The first kappa shape index (κ1) is 11.0. The molecule has 3 N–H and O–H groups in total. The van der Waals surface area contributed by atoms with Gasteiger partial charge in [-0.3, -0.25) is 4.98 Å². The van der Waals surface area contributed by atoms with Crippen molar-refractivity contribution in [2.45, 2.75) is 6.54 Å². The van der Waals surface area contributed by atoms with E-state index in [-0.39, 0.29) is 0 Å². The van der Waals surface area contributed by atoms with Crippen LogP contribution in [-0.4, -0.2) is 4.98 Å². The number of rotatable bonds is 3. The van der Waals surface area contributed by atoms with E-state index in [1.807, 2.05) is 24.3 Å². The second-order valence-corrected chi connectivity index (χ2v) is 3.55. The van der Waals surface area contributed by atoms with E-state index in [1.54, 1.807) is 18.3 Å². The van der Waals surface area contributed by atoms with Crippen LogP contribution in [0.4, 0.5) is 11.4 Å². The number of hydrogen-bond donors (Lipinski definition) is 2. The minimum atomic E-state index is 0.478. The van der Waals surface area contributed by atoms with Crippen LogP contribution in [0.1, 0.15) is 11.3 Å². The lowest BCUT2D eigenvalue weighted by atomic mass is 10.1. The molecule has 1 aromatic carbocycles. The van der Waals surface area contributed by atoms with Gasteiger partial charge < -0.3 is 11.1 Å². The van der Waals surface area contributed by atoms with E-state index in [2.05, 4.69) is 16.4 Å². The zero-order valence-electron chi connectivity index (χ0n) is 9.22. The van der Waals surface area contributed by atoms with Crippen molar-refractivity contribution < 1.29 is 0 Å². The molecule has 0 aliphatic rings. The minimum Gasteiger partial charge on any atom is -0.396 e. The molecule has 0 aliphatic heterocycles. The molecule has 84 valence electrons. The molecule has 0 bridgehead atoms. The number of nitrogens with zero attached hydrogens (tertiary/aromatic N) is 2. The monoisotopic (exact) mass is 224 g/mol. The van der Waals surface area contributed by atoms with Crippen LogP contribution in [0.2, 0.25) is 0 Å². The highest BCUT2D eigenvalue weighted by Crippen LogP contribution is 2.22. The van der Waals surface area contributed by atoms with Gasteiger partial charge in [0.1, 0.15) is 6.07 Å². The molecule has 1 heterocycles. The van der Waals surface area contributed by atoms with Crippen molar-refractivity contribution in [2.75, 3.05) is 11.1 Å². The first-order valence-corrected chi connectivity index (χ1v) is 5.23. The number of hydrogen-bond acceptors (Lipinski definition) is 4. The summed E-state index contributed by atoms with van der Waals surface area (Å²) in [6.45, 7) is 0.583. The highest BCUT2D eigenvalue weighted by Gasteiger charge is 2.03. The number of nitrogens with one attached hydrogen (secondary N) is 1. The number of anilines is 2. The van der Waals surface area contributed by atoms with Crippen LogP contribution in [-0.2, 0) is 6.54 Å². The van der Waals surface area contributed by atoms with Gasteiger partial charge in [-0.05, 0) is 24.3 Å². The summed E-state index contributed by atoms with van der Waals surface area (Å²) in [6.07, 6.45) is 1.74. The van der Waals surface area contributed by atoms with Crippen LogP contribution in [0.15, 0.2) is 42.6 Å². The number of aromatic nitrogens is 1. The Balaban J connectivity index is 2.13. The molecule has 0 amide bonds. The van der Waals surface area contributed by atoms with Crippen molar-refractivity contribution in [3.05, 3.63) is 53.9 Å². The van der Waals surface area contributed by atoms with Gasteiger partial charge in [0, 0.05) is 6.20 Å². The summed E-state index contributed by atoms with van der Waals surface area (Å²) in [5.74, 6) is 0. The molecule has 2 rings (SSSR count). The van der Waals surface area contributed by atoms with E-state index in [0.717, 1.165) is 11.4 Å². The summed E-state index contributed by atoms with van der Waals surface area (Å²) in [5.41, 5.74) is 8.50. The molecule has 0 radical (unpaired) electrons. The summed E-state index contributed by atoms with van der Waals surface area (Å²) in [7, 11) is 0. The summed E-state index contributed by atoms with van der Waals surface area (Å²) in [5, 5.41) is 12.0. The van der Waals surface area contributed by atoms with Crippen LogP contribution in [0.5, 0.6) is 0 Å². The third kappa shape index (κ3) is 2.52. The molecule has 4 nitrogen and oxygen atoms in total. The molecule has 0 atom stereocenters. The second kappa shape index (κ2) is 4.99. The van der Waals surface area contributed by atoms with Crippen molar-refractivity contribution in [1.29, 1.82) is 5.26 Å². The van der Waals surface area contributed by atoms with Crippen LogP contribution in [0.3, 0.4) is 0 Å².